The van der Waals surface area contributed by atoms with E-state index in [2.05, 4.69) is 5.10 Å². The normalized spacial score (nSPS) is 10.3. The van der Waals surface area contributed by atoms with E-state index in [-0.39, 0.29) is 11.4 Å². The Morgan fingerprint density at radius 2 is 2.21 bits per heavy atom. The standard InChI is InChI=1S/C12H11N3O4/c16-12(17)10-3-1-2-9(8-10)4-6-14-7-5-11(13-14)15(18)19/h1-3,5,7-8H,4,6H2,(H,16,17). The number of aryl methyl sites for hydroxylation is 2. The summed E-state index contributed by atoms with van der Waals surface area (Å²) in [6.45, 7) is 0.455. The van der Waals surface area contributed by atoms with Crippen LogP contribution in [0.3, 0.4) is 0 Å². The van der Waals surface area contributed by atoms with Gasteiger partial charge in [0.05, 0.1) is 29.5 Å². The number of aromatic carboxylic acids is 1. The summed E-state index contributed by atoms with van der Waals surface area (Å²) >= 11 is 0. The Kier molecular flexibility index (Phi) is 3.56. The van der Waals surface area contributed by atoms with Crippen molar-refractivity contribution < 1.29 is 14.8 Å². The molecule has 7 heteroatoms. The zero-order valence-corrected chi connectivity index (χ0v) is 9.89. The van der Waals surface area contributed by atoms with Gasteiger partial charge in [-0.25, -0.2) is 4.79 Å². The molecule has 0 saturated carbocycles. The molecule has 19 heavy (non-hydrogen) atoms. The summed E-state index contributed by atoms with van der Waals surface area (Å²) in [5.74, 6) is -1.17. The topological polar surface area (TPSA) is 98.3 Å². The summed E-state index contributed by atoms with van der Waals surface area (Å²) in [5.41, 5.74) is 1.07. The molecule has 0 amide bonds. The maximum atomic E-state index is 10.8. The highest BCUT2D eigenvalue weighted by Gasteiger charge is 2.10. The molecule has 1 heterocycles. The van der Waals surface area contributed by atoms with Crippen molar-refractivity contribution in [3.8, 4) is 0 Å². The molecule has 0 radical (unpaired) electrons. The number of rotatable bonds is 5. The van der Waals surface area contributed by atoms with E-state index >= 15 is 0 Å². The van der Waals surface area contributed by atoms with Crippen molar-refractivity contribution in [3.63, 3.8) is 0 Å². The molecular weight excluding hydrogens is 250 g/mol. The van der Waals surface area contributed by atoms with E-state index in [1.807, 2.05) is 6.07 Å². The number of benzene rings is 1. The molecular formula is C12H11N3O4. The number of nitro groups is 1. The number of aromatic nitrogens is 2. The molecule has 2 aromatic rings. The minimum atomic E-state index is -0.975. The highest BCUT2D eigenvalue weighted by atomic mass is 16.6. The van der Waals surface area contributed by atoms with Crippen molar-refractivity contribution in [2.24, 2.45) is 0 Å². The highest BCUT2D eigenvalue weighted by molar-refractivity contribution is 5.87. The first-order valence-electron chi connectivity index (χ1n) is 5.56. The zero-order chi connectivity index (χ0) is 13.8. The molecule has 98 valence electrons. The van der Waals surface area contributed by atoms with E-state index in [0.717, 1.165) is 5.56 Å². The summed E-state index contributed by atoms with van der Waals surface area (Å²) in [6, 6.07) is 7.91. The van der Waals surface area contributed by atoms with Gasteiger partial charge in [-0.2, -0.15) is 4.68 Å². The highest BCUT2D eigenvalue weighted by Crippen LogP contribution is 2.09. The van der Waals surface area contributed by atoms with Gasteiger partial charge in [-0.1, -0.05) is 12.1 Å². The number of nitrogens with zero attached hydrogens (tertiary/aromatic N) is 3. The van der Waals surface area contributed by atoms with Crippen LogP contribution < -0.4 is 0 Å². The lowest BCUT2D eigenvalue weighted by Crippen LogP contribution is -2.04. The second kappa shape index (κ2) is 5.30. The van der Waals surface area contributed by atoms with Crippen molar-refractivity contribution in [1.82, 2.24) is 9.78 Å². The van der Waals surface area contributed by atoms with E-state index in [0.29, 0.717) is 13.0 Å². The number of carboxylic acids is 1. The van der Waals surface area contributed by atoms with Gasteiger partial charge in [0.25, 0.3) is 0 Å². The maximum absolute atomic E-state index is 10.8. The van der Waals surface area contributed by atoms with Gasteiger partial charge in [-0.3, -0.25) is 0 Å². The largest absolute Gasteiger partial charge is 0.478 e. The van der Waals surface area contributed by atoms with Crippen LogP contribution in [0.1, 0.15) is 15.9 Å². The van der Waals surface area contributed by atoms with Crippen LogP contribution in [0.2, 0.25) is 0 Å². The van der Waals surface area contributed by atoms with Crippen LogP contribution >= 0.6 is 0 Å². The van der Waals surface area contributed by atoms with Gasteiger partial charge in [-0.15, -0.1) is 0 Å². The van der Waals surface area contributed by atoms with Crippen LogP contribution in [0.4, 0.5) is 5.82 Å². The van der Waals surface area contributed by atoms with Crippen LogP contribution in [0.25, 0.3) is 0 Å². The van der Waals surface area contributed by atoms with E-state index in [4.69, 9.17) is 5.11 Å². The predicted molar refractivity (Wildman–Crippen MR) is 66.0 cm³/mol. The second-order valence-electron chi connectivity index (χ2n) is 3.95. The molecule has 2 rings (SSSR count). The van der Waals surface area contributed by atoms with E-state index in [1.54, 1.807) is 12.1 Å². The minimum Gasteiger partial charge on any atom is -0.478 e. The Balaban J connectivity index is 2.03. The SMILES string of the molecule is O=C(O)c1cccc(CCn2ccc([N+](=O)[O-])n2)c1. The summed E-state index contributed by atoms with van der Waals surface area (Å²) in [5, 5.41) is 23.1. The quantitative estimate of drug-likeness (QED) is 0.652. The molecule has 0 spiro atoms. The van der Waals surface area contributed by atoms with E-state index < -0.39 is 10.9 Å². The molecule has 0 atom stereocenters. The molecule has 0 saturated heterocycles. The molecule has 1 aromatic heterocycles. The Morgan fingerprint density at radius 3 is 2.84 bits per heavy atom. The van der Waals surface area contributed by atoms with Crippen LogP contribution in [0.5, 0.6) is 0 Å². The molecule has 1 aromatic carbocycles. The lowest BCUT2D eigenvalue weighted by Gasteiger charge is -2.01. The van der Waals surface area contributed by atoms with Crippen LogP contribution in [-0.2, 0) is 13.0 Å². The lowest BCUT2D eigenvalue weighted by atomic mass is 10.1. The molecule has 1 N–H and O–H groups in total. The van der Waals surface area contributed by atoms with E-state index in [1.165, 1.54) is 23.0 Å². The van der Waals surface area contributed by atoms with Gasteiger partial charge in [0.2, 0.25) is 0 Å². The molecule has 0 fully saturated rings. The molecule has 0 unspecified atom stereocenters. The van der Waals surface area contributed by atoms with Crippen molar-refractivity contribution in [1.29, 1.82) is 0 Å². The van der Waals surface area contributed by atoms with Crippen LogP contribution in [0.15, 0.2) is 36.5 Å². The molecule has 7 nitrogen and oxygen atoms in total. The first-order valence-corrected chi connectivity index (χ1v) is 5.56. The van der Waals surface area contributed by atoms with Gasteiger partial charge >= 0.3 is 11.8 Å². The Bertz CT molecular complexity index is 621. The number of carbonyl (C=O) groups is 1. The molecule has 0 aliphatic heterocycles. The van der Waals surface area contributed by atoms with Crippen LogP contribution in [-0.4, -0.2) is 25.8 Å². The number of hydrogen-bond donors (Lipinski definition) is 1. The molecule has 0 bridgehead atoms. The van der Waals surface area contributed by atoms with Crippen LogP contribution in [0, 0.1) is 10.1 Å². The van der Waals surface area contributed by atoms with Crippen molar-refractivity contribution in [3.05, 3.63) is 57.8 Å². The third-order valence-electron chi connectivity index (χ3n) is 2.62. The van der Waals surface area contributed by atoms with Crippen molar-refractivity contribution in [2.45, 2.75) is 13.0 Å². The van der Waals surface area contributed by atoms with Gasteiger partial charge in [0.1, 0.15) is 0 Å². The molecule has 0 aliphatic carbocycles. The maximum Gasteiger partial charge on any atom is 0.389 e. The fourth-order valence-corrected chi connectivity index (χ4v) is 1.68. The predicted octanol–water partition coefficient (Wildman–Crippen LogP) is 1.73. The van der Waals surface area contributed by atoms with Gasteiger partial charge in [-0.05, 0) is 29.0 Å². The average molecular weight is 261 g/mol. The fraction of sp³-hybridized carbons (Fsp3) is 0.167. The Hall–Kier alpha value is -2.70. The smallest absolute Gasteiger partial charge is 0.389 e. The number of carboxylic acid groups (broad SMARTS) is 1. The minimum absolute atomic E-state index is 0.195. The first kappa shape index (κ1) is 12.7. The molecule has 0 aliphatic rings. The van der Waals surface area contributed by atoms with Crippen molar-refractivity contribution >= 4 is 11.8 Å². The van der Waals surface area contributed by atoms with E-state index in [9.17, 15) is 14.9 Å². The second-order valence-corrected chi connectivity index (χ2v) is 3.95. The number of hydrogen-bond acceptors (Lipinski definition) is 4. The first-order chi connectivity index (χ1) is 9.06. The Morgan fingerprint density at radius 1 is 1.42 bits per heavy atom. The van der Waals surface area contributed by atoms with Crippen molar-refractivity contribution in [2.75, 3.05) is 0 Å². The van der Waals surface area contributed by atoms with Gasteiger partial charge in [0, 0.05) is 0 Å². The lowest BCUT2D eigenvalue weighted by molar-refractivity contribution is -0.389. The fourth-order valence-electron chi connectivity index (χ4n) is 1.68. The summed E-state index contributed by atoms with van der Waals surface area (Å²) in [7, 11) is 0. The summed E-state index contributed by atoms with van der Waals surface area (Å²) in [6.07, 6.45) is 2.08. The van der Waals surface area contributed by atoms with Gasteiger partial charge < -0.3 is 15.2 Å². The third-order valence-corrected chi connectivity index (χ3v) is 2.62. The summed E-state index contributed by atoms with van der Waals surface area (Å²) in [4.78, 5) is 20.7. The Labute approximate surface area is 108 Å². The summed E-state index contributed by atoms with van der Waals surface area (Å²) < 4.78 is 1.46. The zero-order valence-electron chi connectivity index (χ0n) is 9.89. The third kappa shape index (κ3) is 3.15. The van der Waals surface area contributed by atoms with Gasteiger partial charge in [0.15, 0.2) is 0 Å². The monoisotopic (exact) mass is 261 g/mol. The average Bonchev–Trinajstić information content (AvgIpc) is 2.85.